The number of hydrogen-bond acceptors (Lipinski definition) is 0. The first-order chi connectivity index (χ1) is 2.24. The van der Waals surface area contributed by atoms with Gasteiger partial charge < -0.3 is 0 Å². The Bertz CT molecular complexity index is 37.1. The van der Waals surface area contributed by atoms with Gasteiger partial charge >= 0.3 is 70.3 Å². The van der Waals surface area contributed by atoms with Crippen molar-refractivity contribution in [1.29, 1.82) is 0 Å². The molecule has 0 nitrogen and oxygen atoms in total. The van der Waals surface area contributed by atoms with E-state index in [4.69, 9.17) is 0 Å². The average Bonchev–Trinajstić information content (AvgIpc) is 0.650. The summed E-state index contributed by atoms with van der Waals surface area (Å²) in [6.07, 6.45) is 0. The quantitative estimate of drug-likeness (QED) is 0.403. The summed E-state index contributed by atoms with van der Waals surface area (Å²) < 4.78 is 0. The Hall–Kier alpha value is 3.14. The van der Waals surface area contributed by atoms with Gasteiger partial charge in [0.15, 0.2) is 0 Å². The van der Waals surface area contributed by atoms with E-state index >= 15 is 0 Å². The van der Waals surface area contributed by atoms with Crippen molar-refractivity contribution in [2.24, 2.45) is 0 Å². The Morgan fingerprint density at radius 2 is 0.667 bits per heavy atom. The van der Waals surface area contributed by atoms with Gasteiger partial charge in [-0.3, -0.25) is 0 Å². The van der Waals surface area contributed by atoms with Crippen LogP contribution in [0.3, 0.4) is 0 Å². The van der Waals surface area contributed by atoms with Crippen molar-refractivity contribution in [3.63, 3.8) is 0 Å². The monoisotopic (exact) mass is 576 g/mol. The first-order valence-electron chi connectivity index (χ1n) is 0.845. The van der Waals surface area contributed by atoms with Crippen LogP contribution < -0.4 is 0 Å². The van der Waals surface area contributed by atoms with Gasteiger partial charge in [-0.05, 0) is 0 Å². The zero-order chi connectivity index (χ0) is 5.45. The summed E-state index contributed by atoms with van der Waals surface area (Å²) in [5, 5.41) is -2.74. The van der Waals surface area contributed by atoms with E-state index in [1.807, 2.05) is 0 Å². The van der Waals surface area contributed by atoms with Crippen LogP contribution in [0.1, 0.15) is 0 Å². The van der Waals surface area contributed by atoms with Gasteiger partial charge in [0, 0.05) is 0 Å². The minimum absolute atomic E-state index is 2.74. The molecule has 0 amide bonds. The van der Waals surface area contributed by atoms with Crippen molar-refractivity contribution in [3.05, 3.63) is 0 Å². The van der Waals surface area contributed by atoms with Gasteiger partial charge in [0.1, 0.15) is 0 Å². The van der Waals surface area contributed by atoms with Gasteiger partial charge in [0.05, 0.1) is 0 Å². The number of rotatable bonds is 0. The van der Waals surface area contributed by atoms with Crippen molar-refractivity contribution in [1.82, 2.24) is 0 Å². The summed E-state index contributed by atoms with van der Waals surface area (Å²) >= 11 is 16.8. The van der Waals surface area contributed by atoms with Gasteiger partial charge in [-0.15, -0.1) is 0 Å². The Balaban J connectivity index is 3.73. The molecule has 0 unspecified atom stereocenters. The fraction of sp³-hybridized carbons (Fsp3) is 0. The molecule has 40 valence electrons. The fourth-order valence-corrected chi connectivity index (χ4v) is 0. The molecular formula is Br5Ta. The van der Waals surface area contributed by atoms with Crippen LogP contribution in [-0.2, 0) is 5.15 Å². The molecule has 6 heavy (non-hydrogen) atoms. The normalized spacial score (nSPS) is 19.2. The predicted octanol–water partition coefficient (Wildman–Crippen LogP) is 4.23. The summed E-state index contributed by atoms with van der Waals surface area (Å²) in [5.74, 6) is 0. The van der Waals surface area contributed by atoms with E-state index in [9.17, 15) is 0 Å². The molecule has 0 heterocycles. The van der Waals surface area contributed by atoms with E-state index in [-0.39, 0.29) is 0 Å². The van der Waals surface area contributed by atoms with Gasteiger partial charge in [-0.1, -0.05) is 0 Å². The standard InChI is InChI=1S/5BrH.Ta/h5*1H;/q;;;;;+5/p-5. The van der Waals surface area contributed by atoms with Gasteiger partial charge in [0.25, 0.3) is 0 Å². The molecule has 0 aromatic heterocycles. The van der Waals surface area contributed by atoms with Crippen LogP contribution in [0.4, 0.5) is 0 Å². The van der Waals surface area contributed by atoms with Crippen LogP contribution >= 0.6 is 65.1 Å². The minimum atomic E-state index is -2.74. The van der Waals surface area contributed by atoms with Gasteiger partial charge in [-0.2, -0.15) is 0 Å². The second-order valence-electron chi connectivity index (χ2n) is 0.639. The van der Waals surface area contributed by atoms with Crippen LogP contribution in [0.5, 0.6) is 0 Å². The average molecular weight is 580 g/mol. The molecule has 6 heteroatoms. The maximum atomic E-state index is 3.36. The SMILES string of the molecule is [Br][Ta]([Br])([Br])([Br])[Br]. The Labute approximate surface area is 68.5 Å². The molecule has 0 saturated carbocycles. The van der Waals surface area contributed by atoms with Gasteiger partial charge in [-0.25, -0.2) is 0 Å². The molecule has 0 atom stereocenters. The molecule has 0 spiro atoms. The summed E-state index contributed by atoms with van der Waals surface area (Å²) in [6, 6.07) is 0. The number of halogens is 5. The molecule has 0 radical (unpaired) electrons. The van der Waals surface area contributed by atoms with E-state index in [0.717, 1.165) is 0 Å². The number of hydrogen-bond donors (Lipinski definition) is 0. The molecule has 0 aromatic rings. The molecule has 0 bridgehead atoms. The molecule has 0 aromatic carbocycles. The topological polar surface area (TPSA) is 0 Å². The summed E-state index contributed by atoms with van der Waals surface area (Å²) in [5.41, 5.74) is 0. The third-order valence-corrected chi connectivity index (χ3v) is 0. The second-order valence-corrected chi connectivity index (χ2v) is 141. The molecule has 0 aliphatic rings. The van der Waals surface area contributed by atoms with Crippen molar-refractivity contribution >= 4 is 65.1 Å². The van der Waals surface area contributed by atoms with Crippen molar-refractivity contribution < 1.29 is 5.15 Å². The van der Waals surface area contributed by atoms with Crippen LogP contribution in [0.15, 0.2) is 0 Å². The van der Waals surface area contributed by atoms with Crippen molar-refractivity contribution in [3.8, 4) is 0 Å². The zero-order valence-corrected chi connectivity index (χ0v) is 13.5. The zero-order valence-electron chi connectivity index (χ0n) is 2.34. The van der Waals surface area contributed by atoms with E-state index in [2.05, 4.69) is 65.1 Å². The van der Waals surface area contributed by atoms with Crippen LogP contribution in [0.25, 0.3) is 0 Å². The molecular weight excluding hydrogens is 580 g/mol. The molecule has 0 fully saturated rings. The second kappa shape index (κ2) is 2.40. The summed E-state index contributed by atoms with van der Waals surface area (Å²) in [4.78, 5) is 0. The van der Waals surface area contributed by atoms with Crippen LogP contribution in [0, 0.1) is 0 Å². The fourth-order valence-electron chi connectivity index (χ4n) is 0. The van der Waals surface area contributed by atoms with E-state index in [0.29, 0.717) is 0 Å². The van der Waals surface area contributed by atoms with E-state index < -0.39 is 5.15 Å². The first-order valence-corrected chi connectivity index (χ1v) is 35.9. The molecule has 0 rings (SSSR count). The van der Waals surface area contributed by atoms with E-state index in [1.54, 1.807) is 0 Å². The summed E-state index contributed by atoms with van der Waals surface area (Å²) in [6.45, 7) is 0. The molecule has 0 N–H and O–H groups in total. The van der Waals surface area contributed by atoms with Gasteiger partial charge in [0.2, 0.25) is 0 Å². The molecule has 0 aliphatic heterocycles. The van der Waals surface area contributed by atoms with E-state index in [1.165, 1.54) is 0 Å². The summed E-state index contributed by atoms with van der Waals surface area (Å²) in [7, 11) is 0. The Kier molecular flexibility index (Phi) is 3.66. The van der Waals surface area contributed by atoms with Crippen molar-refractivity contribution in [2.75, 3.05) is 0 Å². The third-order valence-electron chi connectivity index (χ3n) is 0. The third kappa shape index (κ3) is 27.3. The Morgan fingerprint density at radius 3 is 0.667 bits per heavy atom. The van der Waals surface area contributed by atoms with Crippen LogP contribution in [0.2, 0.25) is 0 Å². The first kappa shape index (κ1) is 9.14. The van der Waals surface area contributed by atoms with Crippen LogP contribution in [-0.4, -0.2) is 0 Å². The molecule has 0 saturated heterocycles. The molecule has 0 aliphatic carbocycles. The van der Waals surface area contributed by atoms with Crippen molar-refractivity contribution in [2.45, 2.75) is 0 Å². The predicted molar refractivity (Wildman–Crippen MR) is 44.6 cm³/mol. The maximum absolute atomic E-state index is 3.36. The Morgan fingerprint density at radius 1 is 0.667 bits per heavy atom.